The van der Waals surface area contributed by atoms with E-state index < -0.39 is 16.8 Å². The molecule has 69 heavy (non-hydrogen) atoms. The standard InChI is InChI=1S/C57H74N4O8/c1-11-12-31-69-55(64)47-20-14-18-44(34-47)24-30-61(6)28-16-26-57(40-59,49-21-22-51(65-7)52(38-49)66-8)42(4)32-45-35-48(54(63)68-10)37-50(36-45)56(39-58,41(2)3)25-15-27-60(5)29-23-43-17-13-19-46(33-43)53(62)67-9/h13-14,17-22,33-38,41-42H,11-12,15-16,23-32H2,1-10H3. The molecule has 0 aliphatic rings. The number of nitrogens with zero attached hydrogens (tertiary/aromatic N) is 4. The van der Waals surface area contributed by atoms with Crippen LogP contribution < -0.4 is 9.47 Å². The van der Waals surface area contributed by atoms with Crippen LogP contribution in [0.4, 0.5) is 0 Å². The van der Waals surface area contributed by atoms with Gasteiger partial charge in [-0.3, -0.25) is 0 Å². The number of hydrogen-bond acceptors (Lipinski definition) is 12. The van der Waals surface area contributed by atoms with Crippen molar-refractivity contribution in [1.29, 1.82) is 10.5 Å². The van der Waals surface area contributed by atoms with Crippen molar-refractivity contribution in [2.75, 3.05) is 75.3 Å². The molecule has 12 nitrogen and oxygen atoms in total. The van der Waals surface area contributed by atoms with E-state index in [4.69, 9.17) is 23.7 Å². The topological polar surface area (TPSA) is 151 Å². The van der Waals surface area contributed by atoms with E-state index >= 15 is 0 Å². The van der Waals surface area contributed by atoms with Gasteiger partial charge in [0.1, 0.15) is 0 Å². The third-order valence-corrected chi connectivity index (χ3v) is 13.6. The average molecular weight is 943 g/mol. The Morgan fingerprint density at radius 2 is 1.13 bits per heavy atom. The highest BCUT2D eigenvalue weighted by Gasteiger charge is 2.40. The summed E-state index contributed by atoms with van der Waals surface area (Å²) in [6, 6.07) is 31.9. The van der Waals surface area contributed by atoms with Crippen molar-refractivity contribution in [2.24, 2.45) is 11.8 Å². The second kappa shape index (κ2) is 27.1. The van der Waals surface area contributed by atoms with E-state index in [0.29, 0.717) is 60.5 Å². The Morgan fingerprint density at radius 1 is 0.594 bits per heavy atom. The summed E-state index contributed by atoms with van der Waals surface area (Å²) in [5.74, 6) is -0.425. The summed E-state index contributed by atoms with van der Waals surface area (Å²) >= 11 is 0. The number of carbonyl (C=O) groups is 3. The molecule has 0 radical (unpaired) electrons. The first kappa shape index (κ1) is 55.4. The molecule has 0 N–H and O–H groups in total. The highest BCUT2D eigenvalue weighted by atomic mass is 16.5. The molecule has 0 fully saturated rings. The quantitative estimate of drug-likeness (QED) is 0.0303. The van der Waals surface area contributed by atoms with Crippen molar-refractivity contribution in [3.63, 3.8) is 0 Å². The van der Waals surface area contributed by atoms with Gasteiger partial charge in [0.05, 0.1) is 74.7 Å². The maximum atomic E-state index is 13.4. The number of esters is 3. The molecular weight excluding hydrogens is 869 g/mol. The lowest BCUT2D eigenvalue weighted by Gasteiger charge is -2.36. The molecule has 0 aromatic heterocycles. The lowest BCUT2D eigenvalue weighted by Crippen LogP contribution is -2.35. The molecule has 0 aliphatic carbocycles. The number of likely N-dealkylation sites (N-methyl/N-ethyl adjacent to an activating group) is 2. The number of nitriles is 2. The van der Waals surface area contributed by atoms with Crippen molar-refractivity contribution in [3.8, 4) is 23.6 Å². The number of unbranched alkanes of at least 4 members (excludes halogenated alkanes) is 1. The minimum atomic E-state index is -0.982. The molecule has 12 heteroatoms. The smallest absolute Gasteiger partial charge is 0.338 e. The fourth-order valence-corrected chi connectivity index (χ4v) is 9.20. The van der Waals surface area contributed by atoms with Crippen LogP contribution in [0.2, 0.25) is 0 Å². The van der Waals surface area contributed by atoms with Gasteiger partial charge in [-0.1, -0.05) is 70.5 Å². The number of rotatable bonds is 28. The second-order valence-corrected chi connectivity index (χ2v) is 18.6. The molecule has 0 bridgehead atoms. The third-order valence-electron chi connectivity index (χ3n) is 13.6. The van der Waals surface area contributed by atoms with Crippen LogP contribution in [0.3, 0.4) is 0 Å². The fourth-order valence-electron chi connectivity index (χ4n) is 9.20. The summed E-state index contributed by atoms with van der Waals surface area (Å²) < 4.78 is 26.9. The molecule has 0 saturated heterocycles. The Bertz CT molecular complexity index is 2400. The Labute approximate surface area is 411 Å². The summed E-state index contributed by atoms with van der Waals surface area (Å²) in [5.41, 5.74) is 4.01. The van der Waals surface area contributed by atoms with Crippen molar-refractivity contribution in [3.05, 3.63) is 129 Å². The molecule has 0 saturated carbocycles. The molecule has 4 aromatic rings. The Kier molecular flexibility index (Phi) is 21.8. The predicted octanol–water partition coefficient (Wildman–Crippen LogP) is 10.2. The van der Waals surface area contributed by atoms with E-state index in [9.17, 15) is 24.9 Å². The Hall–Kier alpha value is -6.21. The van der Waals surface area contributed by atoms with Crippen LogP contribution in [-0.2, 0) is 44.3 Å². The van der Waals surface area contributed by atoms with Crippen molar-refractivity contribution in [1.82, 2.24) is 9.80 Å². The van der Waals surface area contributed by atoms with Gasteiger partial charge >= 0.3 is 17.9 Å². The maximum Gasteiger partial charge on any atom is 0.338 e. The molecule has 0 amide bonds. The van der Waals surface area contributed by atoms with Crippen LogP contribution in [-0.4, -0.2) is 103 Å². The molecule has 0 spiro atoms. The molecule has 0 aliphatic heterocycles. The number of hydrogen-bond donors (Lipinski definition) is 0. The first-order valence-corrected chi connectivity index (χ1v) is 24.2. The summed E-state index contributed by atoms with van der Waals surface area (Å²) in [4.78, 5) is 42.5. The number of carbonyl (C=O) groups excluding carboxylic acids is 3. The monoisotopic (exact) mass is 943 g/mol. The summed E-state index contributed by atoms with van der Waals surface area (Å²) in [5, 5.41) is 22.5. The van der Waals surface area contributed by atoms with Gasteiger partial charge in [0.15, 0.2) is 11.5 Å². The normalized spacial score (nSPS) is 13.4. The number of benzene rings is 4. The lowest BCUT2D eigenvalue weighted by molar-refractivity contribution is 0.0498. The van der Waals surface area contributed by atoms with Crippen LogP contribution >= 0.6 is 0 Å². The summed E-state index contributed by atoms with van der Waals surface area (Å²) in [6.07, 6.45) is 6.24. The maximum absolute atomic E-state index is 13.4. The van der Waals surface area contributed by atoms with Gasteiger partial charge in [-0.25, -0.2) is 14.4 Å². The van der Waals surface area contributed by atoms with Gasteiger partial charge in [-0.2, -0.15) is 10.5 Å². The highest BCUT2D eigenvalue weighted by molar-refractivity contribution is 5.90. The van der Waals surface area contributed by atoms with Gasteiger partial charge in [0.25, 0.3) is 0 Å². The van der Waals surface area contributed by atoms with Gasteiger partial charge < -0.3 is 33.5 Å². The predicted molar refractivity (Wildman–Crippen MR) is 270 cm³/mol. The Balaban J connectivity index is 1.58. The van der Waals surface area contributed by atoms with Crippen molar-refractivity contribution in [2.45, 2.75) is 96.3 Å². The van der Waals surface area contributed by atoms with E-state index in [1.165, 1.54) is 14.2 Å². The van der Waals surface area contributed by atoms with Crippen LogP contribution in [0, 0.1) is 34.5 Å². The zero-order valence-corrected chi connectivity index (χ0v) is 42.7. The average Bonchev–Trinajstić information content (AvgIpc) is 3.36. The molecule has 3 atom stereocenters. The molecule has 4 aromatic carbocycles. The van der Waals surface area contributed by atoms with E-state index in [2.05, 4.69) is 55.9 Å². The van der Waals surface area contributed by atoms with E-state index in [0.717, 1.165) is 86.1 Å². The van der Waals surface area contributed by atoms with Crippen LogP contribution in [0.5, 0.6) is 11.5 Å². The molecule has 0 heterocycles. The van der Waals surface area contributed by atoms with Gasteiger partial charge in [-0.15, -0.1) is 0 Å². The summed E-state index contributed by atoms with van der Waals surface area (Å²) in [7, 11) is 10.0. The van der Waals surface area contributed by atoms with Crippen LogP contribution in [0.15, 0.2) is 84.9 Å². The van der Waals surface area contributed by atoms with E-state index in [-0.39, 0.29) is 23.8 Å². The SMILES string of the molecule is CCCCOC(=O)c1cccc(CCN(C)CCCC(C#N)(c2ccc(OC)c(OC)c2)C(C)Cc2cc(C(=O)OC)cc(C(C#N)(CCCN(C)CCc3cccc(C(=O)OC)c3)C(C)C)c2)c1. The Morgan fingerprint density at radius 3 is 1.65 bits per heavy atom. The zero-order chi connectivity index (χ0) is 50.6. The largest absolute Gasteiger partial charge is 0.493 e. The van der Waals surface area contributed by atoms with Crippen molar-refractivity contribution < 1.29 is 38.1 Å². The van der Waals surface area contributed by atoms with Gasteiger partial charge in [0.2, 0.25) is 0 Å². The number of ether oxygens (including phenoxy) is 5. The van der Waals surface area contributed by atoms with Crippen LogP contribution in [0.1, 0.15) is 125 Å². The zero-order valence-electron chi connectivity index (χ0n) is 42.7. The van der Waals surface area contributed by atoms with E-state index in [1.54, 1.807) is 32.4 Å². The van der Waals surface area contributed by atoms with Gasteiger partial charge in [-0.05, 0) is 167 Å². The first-order valence-electron chi connectivity index (χ1n) is 24.2. The fraction of sp³-hybridized carbons (Fsp3) is 0.491. The first-order chi connectivity index (χ1) is 33.1. The molecule has 4 rings (SSSR count). The molecule has 370 valence electrons. The van der Waals surface area contributed by atoms with Crippen molar-refractivity contribution >= 4 is 17.9 Å². The minimum Gasteiger partial charge on any atom is -0.493 e. The second-order valence-electron chi connectivity index (χ2n) is 18.6. The van der Waals surface area contributed by atoms with Crippen LogP contribution in [0.25, 0.3) is 0 Å². The number of methoxy groups -OCH3 is 4. The van der Waals surface area contributed by atoms with E-state index in [1.807, 2.05) is 74.5 Å². The lowest BCUT2D eigenvalue weighted by atomic mass is 9.66. The van der Waals surface area contributed by atoms with Gasteiger partial charge in [0, 0.05) is 13.1 Å². The third kappa shape index (κ3) is 14.9. The minimum absolute atomic E-state index is 0.0926. The highest BCUT2D eigenvalue weighted by Crippen LogP contribution is 2.43. The summed E-state index contributed by atoms with van der Waals surface area (Å²) in [6.45, 7) is 11.6. The molecule has 3 unspecified atom stereocenters. The molecular formula is C57H74N4O8.